The Morgan fingerprint density at radius 1 is 1.08 bits per heavy atom. The number of nitrogens with zero attached hydrogens (tertiary/aromatic N) is 3. The Kier molecular flexibility index (Phi) is 5.94. The molecule has 0 saturated carbocycles. The number of carbonyl (C=O) groups excluding carboxylic acids is 1. The average Bonchev–Trinajstić information content (AvgIpc) is 2.63. The molecule has 1 aromatic heterocycles. The van der Waals surface area contributed by atoms with E-state index in [0.717, 1.165) is 50.0 Å². The van der Waals surface area contributed by atoms with Gasteiger partial charge in [-0.25, -0.2) is 0 Å². The third-order valence-corrected chi connectivity index (χ3v) is 4.65. The molecule has 0 atom stereocenters. The van der Waals surface area contributed by atoms with Crippen molar-refractivity contribution in [3.63, 3.8) is 0 Å². The van der Waals surface area contributed by atoms with Gasteiger partial charge in [0.15, 0.2) is 5.75 Å². The molecule has 0 unspecified atom stereocenters. The van der Waals surface area contributed by atoms with E-state index in [9.17, 15) is 9.59 Å². The van der Waals surface area contributed by atoms with E-state index in [-0.39, 0.29) is 5.43 Å². The Balaban J connectivity index is 1.83. The molecule has 1 amide bonds. The van der Waals surface area contributed by atoms with Crippen molar-refractivity contribution in [2.45, 2.75) is 32.8 Å². The molecule has 2 aromatic rings. The fourth-order valence-corrected chi connectivity index (χ4v) is 3.22. The number of ether oxygens (including phenoxy) is 1. The second-order valence-corrected chi connectivity index (χ2v) is 6.56. The number of benzene rings is 1. The Hall–Kier alpha value is -2.76. The summed E-state index contributed by atoms with van der Waals surface area (Å²) in [4.78, 5) is 25.4. The van der Waals surface area contributed by atoms with E-state index in [2.05, 4.69) is 5.01 Å². The molecule has 0 bridgehead atoms. The maximum Gasteiger partial charge on any atom is 0.223 e. The molecule has 1 aliphatic heterocycles. The van der Waals surface area contributed by atoms with Crippen molar-refractivity contribution in [3.05, 3.63) is 64.1 Å². The smallest absolute Gasteiger partial charge is 0.223 e. The molecule has 1 saturated heterocycles. The summed E-state index contributed by atoms with van der Waals surface area (Å²) >= 11 is 0. The monoisotopic (exact) mass is 355 g/mol. The van der Waals surface area contributed by atoms with Gasteiger partial charge in [0.1, 0.15) is 13.3 Å². The van der Waals surface area contributed by atoms with Gasteiger partial charge in [0.05, 0.1) is 5.69 Å². The van der Waals surface area contributed by atoms with E-state index < -0.39 is 0 Å². The number of carbonyl (C=O) groups is 1. The van der Waals surface area contributed by atoms with Gasteiger partial charge in [-0.3, -0.25) is 19.3 Å². The topological polar surface area (TPSA) is 54.8 Å². The summed E-state index contributed by atoms with van der Waals surface area (Å²) in [5.74, 6) is 0.357. The highest BCUT2D eigenvalue weighted by Gasteiger charge is 2.17. The van der Waals surface area contributed by atoms with Crippen LogP contribution in [0, 0.1) is 6.92 Å². The molecule has 1 aromatic carbocycles. The van der Waals surface area contributed by atoms with Gasteiger partial charge in [-0.1, -0.05) is 30.3 Å². The van der Waals surface area contributed by atoms with Crippen LogP contribution < -0.4 is 15.2 Å². The molecule has 26 heavy (non-hydrogen) atoms. The fourth-order valence-electron chi connectivity index (χ4n) is 3.22. The van der Waals surface area contributed by atoms with Gasteiger partial charge in [0.2, 0.25) is 11.8 Å². The minimum Gasteiger partial charge on any atom is -0.483 e. The zero-order chi connectivity index (χ0) is 18.4. The molecule has 6 heteroatoms. The number of aromatic nitrogens is 1. The molecule has 6 nitrogen and oxygen atoms in total. The van der Waals surface area contributed by atoms with E-state index in [0.29, 0.717) is 19.0 Å². The number of rotatable bonds is 5. The van der Waals surface area contributed by atoms with E-state index >= 15 is 0 Å². The maximum absolute atomic E-state index is 12.3. The van der Waals surface area contributed by atoms with Crippen LogP contribution in [0.2, 0.25) is 0 Å². The first-order valence-corrected chi connectivity index (χ1v) is 9.02. The maximum atomic E-state index is 12.3. The molecule has 2 heterocycles. The molecule has 3 rings (SSSR count). The van der Waals surface area contributed by atoms with E-state index in [1.54, 1.807) is 11.1 Å². The second kappa shape index (κ2) is 8.56. The lowest BCUT2D eigenvalue weighted by atomic mass is 10.2. The normalized spacial score (nSPS) is 15.3. The van der Waals surface area contributed by atoms with E-state index in [1.165, 1.54) is 6.07 Å². The number of hydrogen-bond donors (Lipinski definition) is 0. The molecule has 0 spiro atoms. The van der Waals surface area contributed by atoms with Crippen molar-refractivity contribution in [3.8, 4) is 5.75 Å². The molecular formula is C20H25N3O3. The number of amides is 1. The molecular weight excluding hydrogens is 330 g/mol. The molecule has 138 valence electrons. The van der Waals surface area contributed by atoms with Crippen LogP contribution >= 0.6 is 0 Å². The van der Waals surface area contributed by atoms with Gasteiger partial charge in [-0.2, -0.15) is 0 Å². The van der Waals surface area contributed by atoms with Gasteiger partial charge >= 0.3 is 0 Å². The predicted octanol–water partition coefficient (Wildman–Crippen LogP) is 2.27. The fraction of sp³-hybridized carbons (Fsp3) is 0.400. The van der Waals surface area contributed by atoms with Crippen LogP contribution in [-0.2, 0) is 11.4 Å². The minimum absolute atomic E-state index is 0.131. The minimum atomic E-state index is -0.131. The van der Waals surface area contributed by atoms with Gasteiger partial charge in [0.25, 0.3) is 0 Å². The zero-order valence-electron chi connectivity index (χ0n) is 15.1. The average molecular weight is 355 g/mol. The highest BCUT2D eigenvalue weighted by atomic mass is 16.5. The van der Waals surface area contributed by atoms with E-state index in [4.69, 9.17) is 4.74 Å². The van der Waals surface area contributed by atoms with Crippen LogP contribution in [0.4, 0.5) is 0 Å². The molecule has 0 aliphatic carbocycles. The lowest BCUT2D eigenvalue weighted by Gasteiger charge is -2.34. The van der Waals surface area contributed by atoms with Crippen molar-refractivity contribution < 1.29 is 9.53 Å². The zero-order valence-corrected chi connectivity index (χ0v) is 15.1. The van der Waals surface area contributed by atoms with Crippen molar-refractivity contribution in [2.24, 2.45) is 0 Å². The SMILES string of the molecule is Cc1c(OCc2ccccc2)c(=O)ccn1N1CCCCCN(C=O)C1. The molecule has 0 radical (unpaired) electrons. The lowest BCUT2D eigenvalue weighted by Crippen LogP contribution is -2.46. The summed E-state index contributed by atoms with van der Waals surface area (Å²) < 4.78 is 7.79. The highest BCUT2D eigenvalue weighted by molar-refractivity contribution is 5.47. The van der Waals surface area contributed by atoms with Gasteiger partial charge in [-0.15, -0.1) is 0 Å². The molecule has 1 fully saturated rings. The third kappa shape index (κ3) is 4.25. The summed E-state index contributed by atoms with van der Waals surface area (Å²) in [5, 5.41) is 2.08. The van der Waals surface area contributed by atoms with Crippen molar-refractivity contribution in [1.82, 2.24) is 9.58 Å². The quantitative estimate of drug-likeness (QED) is 0.772. The van der Waals surface area contributed by atoms with Crippen molar-refractivity contribution in [1.29, 1.82) is 0 Å². The number of hydrogen-bond acceptors (Lipinski definition) is 4. The Bertz CT molecular complexity index is 789. The Labute approximate surface area is 153 Å². The van der Waals surface area contributed by atoms with Gasteiger partial charge < -0.3 is 9.64 Å². The summed E-state index contributed by atoms with van der Waals surface area (Å²) in [6.07, 6.45) is 5.82. The van der Waals surface area contributed by atoms with Gasteiger partial charge in [0, 0.05) is 25.4 Å². The first-order valence-electron chi connectivity index (χ1n) is 9.02. The summed E-state index contributed by atoms with van der Waals surface area (Å²) in [6, 6.07) is 11.3. The van der Waals surface area contributed by atoms with Crippen LogP contribution in [0.15, 0.2) is 47.4 Å². The highest BCUT2D eigenvalue weighted by Crippen LogP contribution is 2.16. The van der Waals surface area contributed by atoms with Crippen molar-refractivity contribution in [2.75, 3.05) is 24.8 Å². The standard InChI is InChI=1S/C20H25N3O3/c1-17-20(26-14-18-8-4-2-5-9-18)19(25)10-13-23(17)22-12-7-3-6-11-21(15-22)16-24/h2,4-5,8-10,13,16H,3,6-7,11-12,14-15H2,1H3. The van der Waals surface area contributed by atoms with E-state index in [1.807, 2.05) is 41.9 Å². The Morgan fingerprint density at radius 3 is 2.62 bits per heavy atom. The Morgan fingerprint density at radius 2 is 1.85 bits per heavy atom. The first kappa shape index (κ1) is 18.0. The second-order valence-electron chi connectivity index (χ2n) is 6.56. The van der Waals surface area contributed by atoms with Gasteiger partial charge in [-0.05, 0) is 31.7 Å². The molecule has 1 aliphatic rings. The lowest BCUT2D eigenvalue weighted by molar-refractivity contribution is -0.118. The van der Waals surface area contributed by atoms with Crippen LogP contribution in [0.3, 0.4) is 0 Å². The van der Waals surface area contributed by atoms with Crippen molar-refractivity contribution >= 4 is 6.41 Å². The first-order chi connectivity index (χ1) is 12.7. The van der Waals surface area contributed by atoms with Crippen LogP contribution in [0.25, 0.3) is 0 Å². The number of pyridine rings is 1. The van der Waals surface area contributed by atoms with Crippen LogP contribution in [0.5, 0.6) is 5.75 Å². The summed E-state index contributed by atoms with van der Waals surface area (Å²) in [6.45, 7) is 4.32. The van der Waals surface area contributed by atoms with Crippen LogP contribution in [0.1, 0.15) is 30.5 Å². The predicted molar refractivity (Wildman–Crippen MR) is 101 cm³/mol. The third-order valence-electron chi connectivity index (χ3n) is 4.65. The summed E-state index contributed by atoms with van der Waals surface area (Å²) in [5.41, 5.74) is 1.63. The molecule has 0 N–H and O–H groups in total. The van der Waals surface area contributed by atoms with Crippen LogP contribution in [-0.4, -0.2) is 35.7 Å². The largest absolute Gasteiger partial charge is 0.483 e. The summed E-state index contributed by atoms with van der Waals surface area (Å²) in [7, 11) is 0.